The zero-order valence-electron chi connectivity index (χ0n) is 15.5. The van der Waals surface area contributed by atoms with Crippen LogP contribution in [0.1, 0.15) is 40.9 Å². The van der Waals surface area contributed by atoms with Crippen LogP contribution in [-0.2, 0) is 33.7 Å². The molecule has 0 spiro atoms. The average Bonchev–Trinajstić information content (AvgIpc) is 2.66. The molecule has 0 saturated carbocycles. The van der Waals surface area contributed by atoms with Gasteiger partial charge in [-0.05, 0) is 41.7 Å². The predicted octanol–water partition coefficient (Wildman–Crippen LogP) is 3.75. The highest BCUT2D eigenvalue weighted by molar-refractivity contribution is 5.96. The lowest BCUT2D eigenvalue weighted by Gasteiger charge is -2.14. The molecule has 1 N–H and O–H groups in total. The van der Waals surface area contributed by atoms with Gasteiger partial charge in [0.1, 0.15) is 0 Å². The van der Waals surface area contributed by atoms with Crippen molar-refractivity contribution in [2.24, 2.45) is 0 Å². The minimum Gasteiger partial charge on any atom is -0.452 e. The van der Waals surface area contributed by atoms with Gasteiger partial charge in [-0.3, -0.25) is 4.79 Å². The number of ether oxygens (including phenoxy) is 2. The van der Waals surface area contributed by atoms with E-state index in [9.17, 15) is 9.59 Å². The minimum atomic E-state index is -0.530. The molecule has 0 heterocycles. The van der Waals surface area contributed by atoms with Crippen molar-refractivity contribution >= 4 is 17.6 Å². The number of hydrogen-bond acceptors (Lipinski definition) is 4. The summed E-state index contributed by atoms with van der Waals surface area (Å²) in [7, 11) is 1.59. The molecule has 0 aliphatic heterocycles. The van der Waals surface area contributed by atoms with Crippen LogP contribution in [0.15, 0.2) is 42.5 Å². The fourth-order valence-corrected chi connectivity index (χ4v) is 2.75. The Balaban J connectivity index is 1.99. The molecule has 2 rings (SSSR count). The first kappa shape index (κ1) is 19.7. The second kappa shape index (κ2) is 9.73. The van der Waals surface area contributed by atoms with E-state index < -0.39 is 5.97 Å². The van der Waals surface area contributed by atoms with E-state index in [0.29, 0.717) is 12.2 Å². The molecule has 0 bridgehead atoms. The summed E-state index contributed by atoms with van der Waals surface area (Å²) in [5, 5.41) is 2.88. The van der Waals surface area contributed by atoms with Gasteiger partial charge in [0.15, 0.2) is 6.61 Å². The number of hydrogen-bond donors (Lipinski definition) is 1. The van der Waals surface area contributed by atoms with Gasteiger partial charge in [0.05, 0.1) is 12.2 Å². The van der Waals surface area contributed by atoms with E-state index in [1.54, 1.807) is 25.3 Å². The van der Waals surface area contributed by atoms with Gasteiger partial charge in [-0.15, -0.1) is 0 Å². The lowest BCUT2D eigenvalue weighted by Crippen LogP contribution is -2.22. The van der Waals surface area contributed by atoms with Crippen LogP contribution < -0.4 is 5.32 Å². The molecule has 2 aromatic rings. The van der Waals surface area contributed by atoms with E-state index in [1.807, 2.05) is 38.1 Å². The Kier molecular flexibility index (Phi) is 7.36. The number of carbonyl (C=O) groups is 2. The Bertz CT molecular complexity index is 748. The van der Waals surface area contributed by atoms with Crippen LogP contribution in [0.25, 0.3) is 0 Å². The van der Waals surface area contributed by atoms with Crippen molar-refractivity contribution < 1.29 is 19.1 Å². The molecule has 5 heteroatoms. The molecule has 1 amide bonds. The summed E-state index contributed by atoms with van der Waals surface area (Å²) in [6.45, 7) is 4.17. The van der Waals surface area contributed by atoms with Gasteiger partial charge in [-0.2, -0.15) is 0 Å². The minimum absolute atomic E-state index is 0.325. The molecule has 0 unspecified atom stereocenters. The summed E-state index contributed by atoms with van der Waals surface area (Å²) < 4.78 is 10.2. The quantitative estimate of drug-likeness (QED) is 0.733. The largest absolute Gasteiger partial charge is 0.452 e. The number of carbonyl (C=O) groups excluding carboxylic acids is 2. The monoisotopic (exact) mass is 355 g/mol. The van der Waals surface area contributed by atoms with Crippen LogP contribution >= 0.6 is 0 Å². The number of aryl methyl sites for hydroxylation is 2. The topological polar surface area (TPSA) is 64.6 Å². The number of benzene rings is 2. The highest BCUT2D eigenvalue weighted by Gasteiger charge is 2.13. The molecule has 26 heavy (non-hydrogen) atoms. The van der Waals surface area contributed by atoms with Gasteiger partial charge in [0.2, 0.25) is 0 Å². The molecular weight excluding hydrogens is 330 g/mol. The standard InChI is InChI=1S/C21H25NO4/c1-4-16-9-7-10-17(5-2)20(16)22-19(23)14-26-21(24)18-11-6-8-15(12-18)13-25-3/h6-12H,4-5,13-14H2,1-3H3,(H,22,23). The van der Waals surface area contributed by atoms with E-state index >= 15 is 0 Å². The van der Waals surface area contributed by atoms with Crippen LogP contribution in [0.4, 0.5) is 5.69 Å². The number of para-hydroxylation sites is 1. The lowest BCUT2D eigenvalue weighted by atomic mass is 10.0. The van der Waals surface area contributed by atoms with Gasteiger partial charge in [-0.25, -0.2) is 4.79 Å². The van der Waals surface area contributed by atoms with Gasteiger partial charge in [-0.1, -0.05) is 44.2 Å². The van der Waals surface area contributed by atoms with E-state index in [1.165, 1.54) is 0 Å². The van der Waals surface area contributed by atoms with Crippen molar-refractivity contribution in [2.75, 3.05) is 19.0 Å². The molecule has 0 aliphatic rings. The fraction of sp³-hybridized carbons (Fsp3) is 0.333. The maximum absolute atomic E-state index is 12.2. The van der Waals surface area contributed by atoms with Crippen LogP contribution in [0.5, 0.6) is 0 Å². The summed E-state index contributed by atoms with van der Waals surface area (Å²) in [4.78, 5) is 24.4. The van der Waals surface area contributed by atoms with Crippen molar-refractivity contribution in [1.29, 1.82) is 0 Å². The van der Waals surface area contributed by atoms with Gasteiger partial charge >= 0.3 is 5.97 Å². The number of anilines is 1. The van der Waals surface area contributed by atoms with Gasteiger partial charge in [0, 0.05) is 12.8 Å². The molecule has 0 saturated heterocycles. The Morgan fingerprint density at radius 2 is 1.65 bits per heavy atom. The molecule has 2 aromatic carbocycles. The Morgan fingerprint density at radius 3 is 2.27 bits per heavy atom. The van der Waals surface area contributed by atoms with Crippen LogP contribution in [0, 0.1) is 0 Å². The first-order valence-corrected chi connectivity index (χ1v) is 8.74. The maximum atomic E-state index is 12.2. The molecule has 0 radical (unpaired) electrons. The Labute approximate surface area is 154 Å². The first-order valence-electron chi connectivity index (χ1n) is 8.74. The summed E-state index contributed by atoms with van der Waals surface area (Å²) in [5.74, 6) is -0.875. The zero-order chi connectivity index (χ0) is 18.9. The van der Waals surface area contributed by atoms with Crippen LogP contribution in [0.3, 0.4) is 0 Å². The summed E-state index contributed by atoms with van der Waals surface area (Å²) in [6, 6.07) is 12.9. The zero-order valence-corrected chi connectivity index (χ0v) is 15.5. The van der Waals surface area contributed by atoms with Crippen molar-refractivity contribution in [1.82, 2.24) is 0 Å². The smallest absolute Gasteiger partial charge is 0.338 e. The predicted molar refractivity (Wildman–Crippen MR) is 101 cm³/mol. The summed E-state index contributed by atoms with van der Waals surface area (Å²) >= 11 is 0. The van der Waals surface area contributed by atoms with E-state index in [4.69, 9.17) is 9.47 Å². The molecule has 0 aliphatic carbocycles. The number of amides is 1. The second-order valence-corrected chi connectivity index (χ2v) is 5.92. The number of methoxy groups -OCH3 is 1. The van der Waals surface area contributed by atoms with E-state index in [2.05, 4.69) is 5.32 Å². The maximum Gasteiger partial charge on any atom is 0.338 e. The Morgan fingerprint density at radius 1 is 1.00 bits per heavy atom. The lowest BCUT2D eigenvalue weighted by molar-refractivity contribution is -0.119. The number of esters is 1. The van der Waals surface area contributed by atoms with E-state index in [0.717, 1.165) is 35.2 Å². The molecule has 5 nitrogen and oxygen atoms in total. The third kappa shape index (κ3) is 5.17. The third-order valence-electron chi connectivity index (χ3n) is 4.07. The van der Waals surface area contributed by atoms with Crippen molar-refractivity contribution in [3.8, 4) is 0 Å². The Hall–Kier alpha value is -2.66. The van der Waals surface area contributed by atoms with Crippen molar-refractivity contribution in [3.05, 3.63) is 64.7 Å². The number of rotatable bonds is 8. The van der Waals surface area contributed by atoms with Crippen LogP contribution in [0.2, 0.25) is 0 Å². The normalized spacial score (nSPS) is 10.4. The fourth-order valence-electron chi connectivity index (χ4n) is 2.75. The molecule has 0 fully saturated rings. The SMILES string of the molecule is CCc1cccc(CC)c1NC(=O)COC(=O)c1cccc(COC)c1. The molecule has 0 atom stereocenters. The van der Waals surface area contributed by atoms with Crippen LogP contribution in [-0.4, -0.2) is 25.6 Å². The van der Waals surface area contributed by atoms with Gasteiger partial charge in [0.25, 0.3) is 5.91 Å². The summed E-state index contributed by atoms with van der Waals surface area (Å²) in [5.41, 5.74) is 4.22. The first-order chi connectivity index (χ1) is 12.6. The highest BCUT2D eigenvalue weighted by Crippen LogP contribution is 2.22. The second-order valence-electron chi connectivity index (χ2n) is 5.92. The third-order valence-corrected chi connectivity index (χ3v) is 4.07. The molecular formula is C21H25NO4. The van der Waals surface area contributed by atoms with E-state index in [-0.39, 0.29) is 12.5 Å². The molecule has 138 valence electrons. The highest BCUT2D eigenvalue weighted by atomic mass is 16.5. The van der Waals surface area contributed by atoms with Crippen molar-refractivity contribution in [2.45, 2.75) is 33.3 Å². The van der Waals surface area contributed by atoms with Crippen molar-refractivity contribution in [3.63, 3.8) is 0 Å². The number of nitrogens with one attached hydrogen (secondary N) is 1. The summed E-state index contributed by atoms with van der Waals surface area (Å²) in [6.07, 6.45) is 1.63. The molecule has 0 aromatic heterocycles. The van der Waals surface area contributed by atoms with Gasteiger partial charge < -0.3 is 14.8 Å². The average molecular weight is 355 g/mol.